The molecule has 2 atom stereocenters. The van der Waals surface area contributed by atoms with Crippen molar-refractivity contribution < 1.29 is 9.13 Å². The quantitative estimate of drug-likeness (QED) is 0.924. The Hall–Kier alpha value is -0.450. The highest BCUT2D eigenvalue weighted by Gasteiger charge is 2.18. The molecular weight excluding hydrogens is 285 g/mol. The predicted octanol–water partition coefficient (Wildman–Crippen LogP) is 3.42. The van der Waals surface area contributed by atoms with E-state index in [-0.39, 0.29) is 11.9 Å². The first-order valence-electron chi connectivity index (χ1n) is 5.95. The predicted molar refractivity (Wildman–Crippen MR) is 69.5 cm³/mol. The lowest BCUT2D eigenvalue weighted by Crippen LogP contribution is -2.38. The Labute approximate surface area is 110 Å². The number of nitrogens with one attached hydrogen (secondary N) is 1. The summed E-state index contributed by atoms with van der Waals surface area (Å²) in [6, 6.07) is 5.54. The lowest BCUT2D eigenvalue weighted by atomic mass is 10.0. The summed E-state index contributed by atoms with van der Waals surface area (Å²) in [4.78, 5) is 0. The van der Waals surface area contributed by atoms with Crippen LogP contribution in [-0.2, 0) is 4.74 Å². The SMILES string of the molecule is CC(NC1CCCOC1)c1ccc(Br)cc1F. The molecule has 17 heavy (non-hydrogen) atoms. The van der Waals surface area contributed by atoms with E-state index in [0.29, 0.717) is 11.6 Å². The molecule has 1 aromatic rings. The summed E-state index contributed by atoms with van der Waals surface area (Å²) in [5.41, 5.74) is 0.707. The van der Waals surface area contributed by atoms with Crippen molar-refractivity contribution in [1.29, 1.82) is 0 Å². The molecule has 2 nitrogen and oxygen atoms in total. The molecule has 0 radical (unpaired) electrons. The Bertz CT molecular complexity index is 380. The molecule has 1 fully saturated rings. The largest absolute Gasteiger partial charge is 0.380 e. The molecule has 1 N–H and O–H groups in total. The van der Waals surface area contributed by atoms with Gasteiger partial charge in [-0.2, -0.15) is 0 Å². The van der Waals surface area contributed by atoms with E-state index in [4.69, 9.17) is 4.74 Å². The molecule has 1 heterocycles. The average molecular weight is 302 g/mol. The van der Waals surface area contributed by atoms with E-state index in [1.54, 1.807) is 0 Å². The van der Waals surface area contributed by atoms with Gasteiger partial charge in [-0.15, -0.1) is 0 Å². The summed E-state index contributed by atoms with van der Waals surface area (Å²) in [5, 5.41) is 3.42. The average Bonchev–Trinajstić information content (AvgIpc) is 2.30. The highest BCUT2D eigenvalue weighted by Crippen LogP contribution is 2.22. The van der Waals surface area contributed by atoms with Crippen LogP contribution in [0.15, 0.2) is 22.7 Å². The van der Waals surface area contributed by atoms with Crippen molar-refractivity contribution in [3.05, 3.63) is 34.1 Å². The monoisotopic (exact) mass is 301 g/mol. The zero-order valence-corrected chi connectivity index (χ0v) is 11.5. The molecule has 1 aliphatic heterocycles. The van der Waals surface area contributed by atoms with Crippen LogP contribution in [0.3, 0.4) is 0 Å². The number of halogens is 2. The van der Waals surface area contributed by atoms with Gasteiger partial charge in [0.15, 0.2) is 0 Å². The molecular formula is C13H17BrFNO. The Morgan fingerprint density at radius 1 is 1.53 bits per heavy atom. The van der Waals surface area contributed by atoms with Gasteiger partial charge in [0, 0.05) is 28.7 Å². The number of hydrogen-bond acceptors (Lipinski definition) is 2. The van der Waals surface area contributed by atoms with Crippen molar-refractivity contribution in [2.75, 3.05) is 13.2 Å². The second-order valence-electron chi connectivity index (χ2n) is 4.47. The van der Waals surface area contributed by atoms with E-state index >= 15 is 0 Å². The summed E-state index contributed by atoms with van der Waals surface area (Å²) in [6.45, 7) is 3.56. The molecule has 0 spiro atoms. The second-order valence-corrected chi connectivity index (χ2v) is 5.38. The van der Waals surface area contributed by atoms with Crippen LogP contribution < -0.4 is 5.32 Å². The van der Waals surface area contributed by atoms with Gasteiger partial charge in [0.05, 0.1) is 6.61 Å². The molecule has 1 aliphatic rings. The van der Waals surface area contributed by atoms with E-state index in [2.05, 4.69) is 21.2 Å². The Morgan fingerprint density at radius 3 is 3.00 bits per heavy atom. The lowest BCUT2D eigenvalue weighted by molar-refractivity contribution is 0.0669. The van der Waals surface area contributed by atoms with Crippen LogP contribution in [0.25, 0.3) is 0 Å². The maximum Gasteiger partial charge on any atom is 0.129 e. The van der Waals surface area contributed by atoms with Crippen LogP contribution >= 0.6 is 15.9 Å². The molecule has 0 aliphatic carbocycles. The number of rotatable bonds is 3. The summed E-state index contributed by atoms with van der Waals surface area (Å²) in [6.07, 6.45) is 2.18. The third-order valence-electron chi connectivity index (χ3n) is 3.08. The fraction of sp³-hybridized carbons (Fsp3) is 0.538. The van der Waals surface area contributed by atoms with Crippen molar-refractivity contribution in [3.63, 3.8) is 0 Å². The molecule has 2 rings (SSSR count). The van der Waals surface area contributed by atoms with E-state index in [1.165, 1.54) is 6.07 Å². The highest BCUT2D eigenvalue weighted by atomic mass is 79.9. The fourth-order valence-corrected chi connectivity index (χ4v) is 2.50. The maximum atomic E-state index is 13.8. The highest BCUT2D eigenvalue weighted by molar-refractivity contribution is 9.10. The first kappa shape index (κ1) is 13.0. The molecule has 0 saturated carbocycles. The Kier molecular flexibility index (Phi) is 4.54. The van der Waals surface area contributed by atoms with Crippen molar-refractivity contribution in [1.82, 2.24) is 5.32 Å². The summed E-state index contributed by atoms with van der Waals surface area (Å²) >= 11 is 3.26. The van der Waals surface area contributed by atoms with E-state index in [9.17, 15) is 4.39 Å². The van der Waals surface area contributed by atoms with Crippen LogP contribution in [0.2, 0.25) is 0 Å². The fourth-order valence-electron chi connectivity index (χ4n) is 2.17. The van der Waals surface area contributed by atoms with Gasteiger partial charge in [-0.3, -0.25) is 0 Å². The molecule has 1 saturated heterocycles. The Balaban J connectivity index is 2.00. The molecule has 2 unspecified atom stereocenters. The summed E-state index contributed by atoms with van der Waals surface area (Å²) in [7, 11) is 0. The topological polar surface area (TPSA) is 21.3 Å². The van der Waals surface area contributed by atoms with Crippen molar-refractivity contribution in [2.45, 2.75) is 31.8 Å². The third kappa shape index (κ3) is 3.50. The van der Waals surface area contributed by atoms with Gasteiger partial charge in [0.2, 0.25) is 0 Å². The molecule has 1 aromatic carbocycles. The van der Waals surface area contributed by atoms with Crippen LogP contribution in [-0.4, -0.2) is 19.3 Å². The van der Waals surface area contributed by atoms with Gasteiger partial charge < -0.3 is 10.1 Å². The van der Waals surface area contributed by atoms with Crippen LogP contribution in [0.5, 0.6) is 0 Å². The number of benzene rings is 1. The minimum atomic E-state index is -0.170. The van der Waals surface area contributed by atoms with Gasteiger partial charge in [0.25, 0.3) is 0 Å². The standard InChI is InChI=1S/C13H17BrFNO/c1-9(16-11-3-2-6-17-8-11)12-5-4-10(14)7-13(12)15/h4-5,7,9,11,16H,2-3,6,8H2,1H3. The van der Waals surface area contributed by atoms with Gasteiger partial charge in [-0.1, -0.05) is 22.0 Å². The zero-order valence-electron chi connectivity index (χ0n) is 9.88. The zero-order chi connectivity index (χ0) is 12.3. The minimum absolute atomic E-state index is 0.00907. The number of ether oxygens (including phenoxy) is 1. The normalized spacial score (nSPS) is 22.4. The van der Waals surface area contributed by atoms with Crippen molar-refractivity contribution >= 4 is 15.9 Å². The first-order valence-corrected chi connectivity index (χ1v) is 6.75. The molecule has 0 amide bonds. The van der Waals surface area contributed by atoms with E-state index in [0.717, 1.165) is 30.5 Å². The summed E-state index contributed by atoms with van der Waals surface area (Å²) in [5.74, 6) is -0.170. The van der Waals surface area contributed by atoms with Gasteiger partial charge in [0.1, 0.15) is 5.82 Å². The van der Waals surface area contributed by atoms with Crippen LogP contribution in [0.4, 0.5) is 4.39 Å². The maximum absolute atomic E-state index is 13.8. The molecule has 0 bridgehead atoms. The van der Waals surface area contributed by atoms with Crippen molar-refractivity contribution in [2.24, 2.45) is 0 Å². The second kappa shape index (κ2) is 5.94. The van der Waals surface area contributed by atoms with E-state index < -0.39 is 0 Å². The summed E-state index contributed by atoms with van der Waals surface area (Å²) < 4.78 is 19.9. The van der Waals surface area contributed by atoms with E-state index in [1.807, 2.05) is 19.1 Å². The minimum Gasteiger partial charge on any atom is -0.380 e. The smallest absolute Gasteiger partial charge is 0.129 e. The number of hydrogen-bond donors (Lipinski definition) is 1. The van der Waals surface area contributed by atoms with Gasteiger partial charge in [-0.05, 0) is 31.9 Å². The van der Waals surface area contributed by atoms with Gasteiger partial charge in [-0.25, -0.2) is 4.39 Å². The molecule has 0 aromatic heterocycles. The third-order valence-corrected chi connectivity index (χ3v) is 3.57. The first-order chi connectivity index (χ1) is 8.16. The van der Waals surface area contributed by atoms with Crippen molar-refractivity contribution in [3.8, 4) is 0 Å². The van der Waals surface area contributed by atoms with Crippen LogP contribution in [0, 0.1) is 5.82 Å². The van der Waals surface area contributed by atoms with Crippen LogP contribution in [0.1, 0.15) is 31.4 Å². The lowest BCUT2D eigenvalue weighted by Gasteiger charge is -2.27. The van der Waals surface area contributed by atoms with Gasteiger partial charge >= 0.3 is 0 Å². The molecule has 4 heteroatoms. The Morgan fingerprint density at radius 2 is 2.35 bits per heavy atom. The molecule has 94 valence electrons.